The van der Waals surface area contributed by atoms with Crippen LogP contribution in [0.4, 0.5) is 0 Å². The van der Waals surface area contributed by atoms with E-state index in [1.54, 1.807) is 24.5 Å². The van der Waals surface area contributed by atoms with Gasteiger partial charge >= 0.3 is 0 Å². The van der Waals surface area contributed by atoms with Crippen molar-refractivity contribution in [1.29, 1.82) is 0 Å². The summed E-state index contributed by atoms with van der Waals surface area (Å²) in [6.07, 6.45) is 0.995. The van der Waals surface area contributed by atoms with Gasteiger partial charge in [0.05, 0.1) is 11.3 Å². The second kappa shape index (κ2) is 6.09. The number of rotatable bonds is 4. The molecule has 3 nitrogen and oxygen atoms in total. The summed E-state index contributed by atoms with van der Waals surface area (Å²) >= 11 is 0. The predicted octanol–water partition coefficient (Wildman–Crippen LogP) is 3.89. The lowest BCUT2D eigenvalue weighted by atomic mass is 9.98. The fourth-order valence-corrected chi connectivity index (χ4v) is 2.68. The molecule has 0 spiro atoms. The van der Waals surface area contributed by atoms with E-state index in [0.29, 0.717) is 5.56 Å². The minimum atomic E-state index is -1.14. The molecule has 0 aliphatic rings. The average molecular weight is 299 g/mol. The Bertz CT molecular complexity index is 704. The molecule has 0 saturated heterocycles. The third kappa shape index (κ3) is 3.14. The van der Waals surface area contributed by atoms with Crippen molar-refractivity contribution in [3.05, 3.63) is 57.9 Å². The molecule has 0 saturated carbocycles. The summed E-state index contributed by atoms with van der Waals surface area (Å²) < 4.78 is 1.76. The van der Waals surface area contributed by atoms with E-state index in [0.717, 1.165) is 17.7 Å². The van der Waals surface area contributed by atoms with Gasteiger partial charge in [-0.1, -0.05) is 31.2 Å². The number of hydrogen-bond acceptors (Lipinski definition) is 2. The average Bonchev–Trinajstić information content (AvgIpc) is 2.45. The zero-order valence-corrected chi connectivity index (χ0v) is 14.1. The van der Waals surface area contributed by atoms with Crippen molar-refractivity contribution in [2.45, 2.75) is 52.7 Å². The van der Waals surface area contributed by atoms with Crippen LogP contribution in [0.15, 0.2) is 41.2 Å². The molecule has 1 aromatic heterocycles. The highest BCUT2D eigenvalue weighted by atomic mass is 16.3. The summed E-state index contributed by atoms with van der Waals surface area (Å²) in [5.74, 6) is 0. The van der Waals surface area contributed by atoms with Crippen molar-refractivity contribution < 1.29 is 5.11 Å². The molecule has 22 heavy (non-hydrogen) atoms. The highest BCUT2D eigenvalue weighted by Crippen LogP contribution is 2.25. The van der Waals surface area contributed by atoms with Crippen LogP contribution in [0.5, 0.6) is 0 Å². The summed E-state index contributed by atoms with van der Waals surface area (Å²) in [6.45, 7) is 9.38. The van der Waals surface area contributed by atoms with Crippen LogP contribution >= 0.6 is 0 Å². The van der Waals surface area contributed by atoms with Crippen molar-refractivity contribution in [1.82, 2.24) is 4.57 Å². The lowest BCUT2D eigenvalue weighted by Crippen LogP contribution is -2.33. The minimum absolute atomic E-state index is 0.0238. The van der Waals surface area contributed by atoms with Crippen LogP contribution < -0.4 is 5.56 Å². The summed E-state index contributed by atoms with van der Waals surface area (Å²) in [5, 5.41) is 10.2. The molecule has 1 N–H and O–H groups in total. The number of pyridine rings is 1. The van der Waals surface area contributed by atoms with Crippen LogP contribution in [0.2, 0.25) is 0 Å². The van der Waals surface area contributed by atoms with E-state index in [1.807, 2.05) is 19.9 Å². The van der Waals surface area contributed by atoms with Gasteiger partial charge < -0.3 is 9.67 Å². The molecule has 118 valence electrons. The van der Waals surface area contributed by atoms with Gasteiger partial charge in [0.1, 0.15) is 0 Å². The summed E-state index contributed by atoms with van der Waals surface area (Å²) in [7, 11) is 0. The maximum absolute atomic E-state index is 12.8. The molecule has 0 atom stereocenters. The smallest absolute Gasteiger partial charge is 0.257 e. The highest BCUT2D eigenvalue weighted by Gasteiger charge is 2.23. The lowest BCUT2D eigenvalue weighted by molar-refractivity contribution is 0.0764. The van der Waals surface area contributed by atoms with Gasteiger partial charge in [-0.15, -0.1) is 0 Å². The Balaban J connectivity index is 2.66. The van der Waals surface area contributed by atoms with Crippen molar-refractivity contribution >= 4 is 0 Å². The Morgan fingerprint density at radius 2 is 1.68 bits per heavy atom. The van der Waals surface area contributed by atoms with E-state index in [4.69, 9.17) is 0 Å². The second-order valence-corrected chi connectivity index (χ2v) is 6.51. The van der Waals surface area contributed by atoms with Crippen LogP contribution in [0.3, 0.4) is 0 Å². The van der Waals surface area contributed by atoms with E-state index in [2.05, 4.69) is 31.2 Å². The van der Waals surface area contributed by atoms with Gasteiger partial charge in [-0.25, -0.2) is 0 Å². The Kier molecular flexibility index (Phi) is 4.57. The maximum atomic E-state index is 12.8. The van der Waals surface area contributed by atoms with E-state index in [9.17, 15) is 9.90 Å². The number of nitrogens with zero attached hydrogens (tertiary/aromatic N) is 1. The molecule has 0 aliphatic carbocycles. The molecule has 0 unspecified atom stereocenters. The maximum Gasteiger partial charge on any atom is 0.257 e. The van der Waals surface area contributed by atoms with Gasteiger partial charge in [0.25, 0.3) is 5.56 Å². The molecule has 3 heteroatoms. The van der Waals surface area contributed by atoms with Crippen LogP contribution in [-0.2, 0) is 12.0 Å². The van der Waals surface area contributed by atoms with Crippen molar-refractivity contribution in [2.75, 3.05) is 0 Å². The molecule has 2 aromatic rings. The number of benzene rings is 1. The Morgan fingerprint density at radius 1 is 1.09 bits per heavy atom. The SMILES string of the molecule is CCc1ccc(-c2ccc(C(C)(C)O)c(=O)n2C(C)C)cc1. The molecule has 1 heterocycles. The first-order valence-electron chi connectivity index (χ1n) is 7.83. The van der Waals surface area contributed by atoms with E-state index >= 15 is 0 Å². The largest absolute Gasteiger partial charge is 0.386 e. The van der Waals surface area contributed by atoms with Crippen LogP contribution in [-0.4, -0.2) is 9.67 Å². The third-order valence-electron chi connectivity index (χ3n) is 3.95. The molecule has 0 bridgehead atoms. The van der Waals surface area contributed by atoms with E-state index < -0.39 is 5.60 Å². The van der Waals surface area contributed by atoms with E-state index in [-0.39, 0.29) is 11.6 Å². The van der Waals surface area contributed by atoms with Crippen molar-refractivity contribution in [3.63, 3.8) is 0 Å². The Hall–Kier alpha value is -1.87. The van der Waals surface area contributed by atoms with Gasteiger partial charge in [0.15, 0.2) is 0 Å². The van der Waals surface area contributed by atoms with E-state index in [1.165, 1.54) is 5.56 Å². The monoisotopic (exact) mass is 299 g/mol. The van der Waals surface area contributed by atoms with Gasteiger partial charge in [-0.2, -0.15) is 0 Å². The quantitative estimate of drug-likeness (QED) is 0.930. The molecule has 1 aromatic carbocycles. The number of aromatic nitrogens is 1. The predicted molar refractivity (Wildman–Crippen MR) is 91.1 cm³/mol. The summed E-state index contributed by atoms with van der Waals surface area (Å²) in [4.78, 5) is 12.8. The summed E-state index contributed by atoms with van der Waals surface area (Å²) in [6, 6.07) is 12.0. The van der Waals surface area contributed by atoms with Gasteiger partial charge in [-0.3, -0.25) is 4.79 Å². The van der Waals surface area contributed by atoms with Crippen LogP contribution in [0, 0.1) is 0 Å². The van der Waals surface area contributed by atoms with Gasteiger partial charge in [0.2, 0.25) is 0 Å². The molecule has 2 rings (SSSR count). The van der Waals surface area contributed by atoms with Crippen molar-refractivity contribution in [3.8, 4) is 11.3 Å². The summed E-state index contributed by atoms with van der Waals surface area (Å²) in [5.41, 5.74) is 2.34. The fourth-order valence-electron chi connectivity index (χ4n) is 2.68. The van der Waals surface area contributed by atoms with Crippen LogP contribution in [0.25, 0.3) is 11.3 Å². The Labute approximate surface area is 132 Å². The normalized spacial score (nSPS) is 12.0. The van der Waals surface area contributed by atoms with Crippen molar-refractivity contribution in [2.24, 2.45) is 0 Å². The molecule has 0 fully saturated rings. The first kappa shape index (κ1) is 16.5. The third-order valence-corrected chi connectivity index (χ3v) is 3.95. The fraction of sp³-hybridized carbons (Fsp3) is 0.421. The highest BCUT2D eigenvalue weighted by molar-refractivity contribution is 5.60. The topological polar surface area (TPSA) is 42.2 Å². The Morgan fingerprint density at radius 3 is 2.14 bits per heavy atom. The second-order valence-electron chi connectivity index (χ2n) is 6.51. The zero-order valence-electron chi connectivity index (χ0n) is 14.1. The number of aryl methyl sites for hydroxylation is 1. The molecule has 0 aliphatic heterocycles. The first-order chi connectivity index (χ1) is 10.3. The van der Waals surface area contributed by atoms with Gasteiger partial charge in [-0.05, 0) is 57.4 Å². The minimum Gasteiger partial charge on any atom is -0.386 e. The molecular formula is C19H25NO2. The molecular weight excluding hydrogens is 274 g/mol. The number of aliphatic hydroxyl groups is 1. The standard InChI is InChI=1S/C19H25NO2/c1-6-14-7-9-15(10-8-14)17-12-11-16(19(4,5)22)18(21)20(17)13(2)3/h7-13,22H,6H2,1-5H3. The zero-order chi connectivity index (χ0) is 16.5. The molecule has 0 amide bonds. The lowest BCUT2D eigenvalue weighted by Gasteiger charge is -2.23. The number of hydrogen-bond donors (Lipinski definition) is 1. The molecule has 0 radical (unpaired) electrons. The van der Waals surface area contributed by atoms with Gasteiger partial charge in [0, 0.05) is 11.6 Å². The first-order valence-corrected chi connectivity index (χ1v) is 7.83. The van der Waals surface area contributed by atoms with Crippen LogP contribution in [0.1, 0.15) is 51.8 Å².